The van der Waals surface area contributed by atoms with Crippen molar-refractivity contribution in [1.82, 2.24) is 4.90 Å². The van der Waals surface area contributed by atoms with Crippen LogP contribution in [0.2, 0.25) is 0 Å². The van der Waals surface area contributed by atoms with Crippen LogP contribution in [0.25, 0.3) is 0 Å². The predicted molar refractivity (Wildman–Crippen MR) is 75.8 cm³/mol. The number of rotatable bonds is 8. The number of carbonyl (C=O) groups is 1. The Hall–Kier alpha value is -1.55. The highest BCUT2D eigenvalue weighted by Crippen LogP contribution is 2.20. The fraction of sp³-hybridized carbons (Fsp3) is 0.533. The van der Waals surface area contributed by atoms with Gasteiger partial charge < -0.3 is 14.7 Å². The van der Waals surface area contributed by atoms with Crippen LogP contribution in [-0.2, 0) is 11.2 Å². The SMILES string of the molecule is COc1ccc(C)cc1CCN(C)CCCC(=O)O. The molecule has 0 radical (unpaired) electrons. The van der Waals surface area contributed by atoms with Crippen LogP contribution in [0.3, 0.4) is 0 Å². The maximum Gasteiger partial charge on any atom is 0.303 e. The molecule has 0 aliphatic heterocycles. The maximum absolute atomic E-state index is 10.4. The monoisotopic (exact) mass is 265 g/mol. The van der Waals surface area contributed by atoms with E-state index in [-0.39, 0.29) is 6.42 Å². The van der Waals surface area contributed by atoms with Gasteiger partial charge in [-0.25, -0.2) is 0 Å². The summed E-state index contributed by atoms with van der Waals surface area (Å²) in [7, 11) is 3.70. The molecule has 19 heavy (non-hydrogen) atoms. The highest BCUT2D eigenvalue weighted by atomic mass is 16.5. The van der Waals surface area contributed by atoms with Crippen molar-refractivity contribution in [2.45, 2.75) is 26.2 Å². The van der Waals surface area contributed by atoms with E-state index in [1.165, 1.54) is 11.1 Å². The van der Waals surface area contributed by atoms with E-state index in [2.05, 4.69) is 17.9 Å². The van der Waals surface area contributed by atoms with E-state index in [9.17, 15) is 4.79 Å². The van der Waals surface area contributed by atoms with Gasteiger partial charge in [0.15, 0.2) is 0 Å². The molecule has 0 aliphatic rings. The largest absolute Gasteiger partial charge is 0.496 e. The fourth-order valence-electron chi connectivity index (χ4n) is 2.03. The third-order valence-electron chi connectivity index (χ3n) is 3.13. The average molecular weight is 265 g/mol. The normalized spacial score (nSPS) is 10.7. The summed E-state index contributed by atoms with van der Waals surface area (Å²) in [6, 6.07) is 6.18. The van der Waals surface area contributed by atoms with Crippen LogP contribution >= 0.6 is 0 Å². The number of benzene rings is 1. The van der Waals surface area contributed by atoms with Crippen molar-refractivity contribution >= 4 is 5.97 Å². The van der Waals surface area contributed by atoms with Gasteiger partial charge in [-0.2, -0.15) is 0 Å². The molecule has 0 aromatic heterocycles. The van der Waals surface area contributed by atoms with Gasteiger partial charge in [-0.1, -0.05) is 17.7 Å². The molecule has 4 heteroatoms. The molecular formula is C15H23NO3. The number of aryl methyl sites for hydroxylation is 1. The lowest BCUT2D eigenvalue weighted by atomic mass is 10.1. The zero-order valence-electron chi connectivity index (χ0n) is 12.0. The Morgan fingerprint density at radius 1 is 1.37 bits per heavy atom. The summed E-state index contributed by atoms with van der Waals surface area (Å²) >= 11 is 0. The third-order valence-corrected chi connectivity index (χ3v) is 3.13. The Morgan fingerprint density at radius 3 is 2.74 bits per heavy atom. The third kappa shape index (κ3) is 5.75. The van der Waals surface area contributed by atoms with Crippen LogP contribution in [-0.4, -0.2) is 43.2 Å². The molecule has 1 aromatic carbocycles. The second-order valence-electron chi connectivity index (χ2n) is 4.87. The molecule has 0 unspecified atom stereocenters. The van der Waals surface area contributed by atoms with Crippen molar-refractivity contribution in [3.8, 4) is 5.75 Å². The standard InChI is InChI=1S/C15H23NO3/c1-12-6-7-14(19-3)13(11-12)8-10-16(2)9-4-5-15(17)18/h6-7,11H,4-5,8-10H2,1-3H3,(H,17,18). The zero-order chi connectivity index (χ0) is 14.3. The van der Waals surface area contributed by atoms with E-state index in [4.69, 9.17) is 9.84 Å². The first kappa shape index (κ1) is 15.5. The molecule has 0 saturated carbocycles. The quantitative estimate of drug-likeness (QED) is 0.784. The van der Waals surface area contributed by atoms with Crippen molar-refractivity contribution in [2.75, 3.05) is 27.2 Å². The summed E-state index contributed by atoms with van der Waals surface area (Å²) in [4.78, 5) is 12.6. The Bertz CT molecular complexity index is 418. The molecule has 4 nitrogen and oxygen atoms in total. The number of aliphatic carboxylic acids is 1. The summed E-state index contributed by atoms with van der Waals surface area (Å²) < 4.78 is 5.35. The van der Waals surface area contributed by atoms with Crippen LogP contribution in [0.5, 0.6) is 5.75 Å². The predicted octanol–water partition coefficient (Wildman–Crippen LogP) is 2.34. The number of hydrogen-bond acceptors (Lipinski definition) is 3. The molecule has 0 heterocycles. The van der Waals surface area contributed by atoms with Crippen LogP contribution in [0.4, 0.5) is 0 Å². The van der Waals surface area contributed by atoms with Crippen LogP contribution < -0.4 is 4.74 Å². The Morgan fingerprint density at radius 2 is 2.11 bits per heavy atom. The van der Waals surface area contributed by atoms with Gasteiger partial charge in [0.05, 0.1) is 7.11 Å². The number of carboxylic acids is 1. The van der Waals surface area contributed by atoms with E-state index >= 15 is 0 Å². The molecular weight excluding hydrogens is 242 g/mol. The summed E-state index contributed by atoms with van der Waals surface area (Å²) in [5.74, 6) is 0.193. The van der Waals surface area contributed by atoms with E-state index in [0.29, 0.717) is 6.42 Å². The number of carboxylic acid groups (broad SMARTS) is 1. The highest BCUT2D eigenvalue weighted by Gasteiger charge is 2.06. The number of ether oxygens (including phenoxy) is 1. The van der Waals surface area contributed by atoms with Gasteiger partial charge in [0.25, 0.3) is 0 Å². The zero-order valence-corrected chi connectivity index (χ0v) is 12.0. The summed E-state index contributed by atoms with van der Waals surface area (Å²) in [6.45, 7) is 3.78. The smallest absolute Gasteiger partial charge is 0.303 e. The number of hydrogen-bond donors (Lipinski definition) is 1. The Kier molecular flexibility index (Phi) is 6.36. The number of likely N-dealkylation sites (N-methyl/N-ethyl adjacent to an activating group) is 1. The lowest BCUT2D eigenvalue weighted by Gasteiger charge is -2.17. The van der Waals surface area contributed by atoms with Crippen molar-refractivity contribution in [3.05, 3.63) is 29.3 Å². The summed E-state index contributed by atoms with van der Waals surface area (Å²) in [5.41, 5.74) is 2.43. The van der Waals surface area contributed by atoms with Crippen molar-refractivity contribution < 1.29 is 14.6 Å². The van der Waals surface area contributed by atoms with Crippen molar-refractivity contribution in [3.63, 3.8) is 0 Å². The minimum absolute atomic E-state index is 0.234. The molecule has 0 amide bonds. The van der Waals surface area contributed by atoms with Gasteiger partial charge in [0.2, 0.25) is 0 Å². The summed E-state index contributed by atoms with van der Waals surface area (Å²) in [5, 5.41) is 8.60. The molecule has 0 atom stereocenters. The molecule has 1 aromatic rings. The van der Waals surface area contributed by atoms with Gasteiger partial charge in [-0.15, -0.1) is 0 Å². The number of nitrogens with zero attached hydrogens (tertiary/aromatic N) is 1. The van der Waals surface area contributed by atoms with Gasteiger partial charge in [-0.05, 0) is 45.0 Å². The first-order valence-corrected chi connectivity index (χ1v) is 6.56. The van der Waals surface area contributed by atoms with E-state index in [1.54, 1.807) is 7.11 Å². The molecule has 0 fully saturated rings. The molecule has 0 spiro atoms. The molecule has 106 valence electrons. The minimum atomic E-state index is -0.728. The Labute approximate surface area is 115 Å². The van der Waals surface area contributed by atoms with Gasteiger partial charge in [0.1, 0.15) is 5.75 Å². The molecule has 1 N–H and O–H groups in total. The average Bonchev–Trinajstić information content (AvgIpc) is 2.36. The topological polar surface area (TPSA) is 49.8 Å². The molecule has 0 bridgehead atoms. The maximum atomic E-state index is 10.4. The second-order valence-corrected chi connectivity index (χ2v) is 4.87. The summed E-state index contributed by atoms with van der Waals surface area (Å²) in [6.07, 6.45) is 1.84. The molecule has 0 aliphatic carbocycles. The number of methoxy groups -OCH3 is 1. The lowest BCUT2D eigenvalue weighted by molar-refractivity contribution is -0.137. The first-order chi connectivity index (χ1) is 9.02. The van der Waals surface area contributed by atoms with E-state index in [0.717, 1.165) is 25.3 Å². The van der Waals surface area contributed by atoms with Crippen LogP contribution in [0.15, 0.2) is 18.2 Å². The Balaban J connectivity index is 2.43. The van der Waals surface area contributed by atoms with Crippen molar-refractivity contribution in [1.29, 1.82) is 0 Å². The second kappa shape index (κ2) is 7.79. The van der Waals surface area contributed by atoms with E-state index in [1.807, 2.05) is 19.2 Å². The van der Waals surface area contributed by atoms with Gasteiger partial charge >= 0.3 is 5.97 Å². The van der Waals surface area contributed by atoms with Crippen LogP contribution in [0, 0.1) is 6.92 Å². The van der Waals surface area contributed by atoms with Gasteiger partial charge in [-0.3, -0.25) is 4.79 Å². The van der Waals surface area contributed by atoms with Crippen molar-refractivity contribution in [2.24, 2.45) is 0 Å². The molecule has 0 saturated heterocycles. The lowest BCUT2D eigenvalue weighted by Crippen LogP contribution is -2.23. The van der Waals surface area contributed by atoms with Crippen LogP contribution in [0.1, 0.15) is 24.0 Å². The molecule has 1 rings (SSSR count). The minimum Gasteiger partial charge on any atom is -0.496 e. The highest BCUT2D eigenvalue weighted by molar-refractivity contribution is 5.66. The first-order valence-electron chi connectivity index (χ1n) is 6.56. The van der Waals surface area contributed by atoms with Gasteiger partial charge in [0, 0.05) is 13.0 Å². The van der Waals surface area contributed by atoms with E-state index < -0.39 is 5.97 Å². The fourth-order valence-corrected chi connectivity index (χ4v) is 2.03.